The molecule has 156 valence electrons. The molecule has 0 saturated carbocycles. The molecule has 4 rings (SSSR count). The van der Waals surface area contributed by atoms with Crippen LogP contribution in [-0.2, 0) is 9.59 Å². The first kappa shape index (κ1) is 20.3. The van der Waals surface area contributed by atoms with Gasteiger partial charge in [0.05, 0.1) is 18.7 Å². The topological polar surface area (TPSA) is 79.7 Å². The van der Waals surface area contributed by atoms with Crippen LogP contribution >= 0.6 is 0 Å². The summed E-state index contributed by atoms with van der Waals surface area (Å²) in [6, 6.07) is 15.2. The lowest BCUT2D eigenvalue weighted by molar-refractivity contribution is -0.132. The summed E-state index contributed by atoms with van der Waals surface area (Å²) in [5.41, 5.74) is 3.53. The second kappa shape index (κ2) is 8.07. The van der Waals surface area contributed by atoms with Gasteiger partial charge in [0.1, 0.15) is 11.5 Å². The number of pyridine rings is 1. The van der Waals surface area contributed by atoms with Crippen molar-refractivity contribution in [2.75, 3.05) is 12.0 Å². The Bertz CT molecular complexity index is 1200. The molecular formula is C25H22N2O4. The highest BCUT2D eigenvalue weighted by Gasteiger charge is 2.48. The third-order valence-electron chi connectivity index (χ3n) is 5.67. The first-order chi connectivity index (χ1) is 15.0. The number of methoxy groups -OCH3 is 1. The van der Waals surface area contributed by atoms with Crippen molar-refractivity contribution in [3.63, 3.8) is 0 Å². The van der Waals surface area contributed by atoms with Crippen LogP contribution in [0.5, 0.6) is 5.75 Å². The number of aromatic nitrogens is 1. The fraction of sp³-hybridized carbons (Fsp3) is 0.160. The number of carbonyl (C=O) groups is 2. The van der Waals surface area contributed by atoms with Gasteiger partial charge in [-0.2, -0.15) is 0 Å². The average Bonchev–Trinajstić information content (AvgIpc) is 3.06. The van der Waals surface area contributed by atoms with Gasteiger partial charge in [-0.25, -0.2) is 0 Å². The number of Topliss-reactive ketones (excluding diaryl/α,β-unsaturated/α-hetero) is 1. The summed E-state index contributed by atoms with van der Waals surface area (Å²) >= 11 is 0. The molecule has 1 atom stereocenters. The molecule has 6 nitrogen and oxygen atoms in total. The highest BCUT2D eigenvalue weighted by atomic mass is 16.5. The zero-order valence-corrected chi connectivity index (χ0v) is 17.5. The Kier molecular flexibility index (Phi) is 5.29. The molecule has 1 unspecified atom stereocenters. The standard InChI is InChI=1S/C25H22N2O4/c1-15-7-6-9-19(16(15)2)27-22(18-8-4-5-10-20(18)31-3)21(24(29)25(27)30)23(28)17-11-13-26-14-12-17/h4-14,22,28H,1-3H3/b23-21+. The molecule has 1 N–H and O–H groups in total. The Balaban J connectivity index is 2.03. The van der Waals surface area contributed by atoms with Crippen molar-refractivity contribution in [3.05, 3.63) is 94.8 Å². The van der Waals surface area contributed by atoms with Gasteiger partial charge in [-0.15, -0.1) is 0 Å². The number of ether oxygens (including phenoxy) is 1. The Morgan fingerprint density at radius 2 is 1.71 bits per heavy atom. The van der Waals surface area contributed by atoms with Gasteiger partial charge in [0.25, 0.3) is 11.7 Å². The van der Waals surface area contributed by atoms with Gasteiger partial charge in [0.2, 0.25) is 0 Å². The van der Waals surface area contributed by atoms with Crippen LogP contribution in [0.2, 0.25) is 0 Å². The number of hydrogen-bond acceptors (Lipinski definition) is 5. The minimum absolute atomic E-state index is 0.0154. The average molecular weight is 414 g/mol. The van der Waals surface area contributed by atoms with Crippen LogP contribution in [0.3, 0.4) is 0 Å². The molecule has 1 amide bonds. The van der Waals surface area contributed by atoms with E-state index in [1.807, 2.05) is 44.2 Å². The number of amides is 1. The van der Waals surface area contributed by atoms with E-state index in [1.54, 1.807) is 24.3 Å². The summed E-state index contributed by atoms with van der Waals surface area (Å²) in [7, 11) is 1.53. The van der Waals surface area contributed by atoms with Crippen LogP contribution in [0.25, 0.3) is 5.76 Å². The molecule has 3 aromatic rings. The lowest BCUT2D eigenvalue weighted by atomic mass is 9.94. The van der Waals surface area contributed by atoms with Crippen molar-refractivity contribution in [2.45, 2.75) is 19.9 Å². The van der Waals surface area contributed by atoms with E-state index in [0.29, 0.717) is 22.6 Å². The Labute approximate surface area is 180 Å². The van der Waals surface area contributed by atoms with Gasteiger partial charge < -0.3 is 9.84 Å². The molecule has 0 spiro atoms. The number of carbonyl (C=O) groups excluding carboxylic acids is 2. The second-order valence-electron chi connectivity index (χ2n) is 7.37. The fourth-order valence-corrected chi connectivity index (χ4v) is 3.93. The van der Waals surface area contributed by atoms with E-state index in [2.05, 4.69) is 4.98 Å². The molecule has 1 aromatic heterocycles. The monoisotopic (exact) mass is 414 g/mol. The highest BCUT2D eigenvalue weighted by Crippen LogP contribution is 2.45. The van der Waals surface area contributed by atoms with Crippen molar-refractivity contribution in [1.82, 2.24) is 4.98 Å². The fourth-order valence-electron chi connectivity index (χ4n) is 3.93. The number of anilines is 1. The van der Waals surface area contributed by atoms with Crippen LogP contribution in [0.15, 0.2) is 72.6 Å². The predicted molar refractivity (Wildman–Crippen MR) is 118 cm³/mol. The molecule has 2 aromatic carbocycles. The normalized spacial score (nSPS) is 17.8. The number of aliphatic hydroxyl groups excluding tert-OH is 1. The minimum atomic E-state index is -0.843. The summed E-state index contributed by atoms with van der Waals surface area (Å²) in [6.07, 6.45) is 3.04. The van der Waals surface area contributed by atoms with E-state index in [-0.39, 0.29) is 11.3 Å². The van der Waals surface area contributed by atoms with Crippen LogP contribution < -0.4 is 9.64 Å². The van der Waals surface area contributed by atoms with Crippen LogP contribution in [0, 0.1) is 13.8 Å². The molecule has 1 aliphatic rings. The predicted octanol–water partition coefficient (Wildman–Crippen LogP) is 4.33. The van der Waals surface area contributed by atoms with Crippen LogP contribution in [-0.4, -0.2) is 28.9 Å². The van der Waals surface area contributed by atoms with Crippen molar-refractivity contribution in [3.8, 4) is 5.75 Å². The number of ketones is 1. The first-order valence-electron chi connectivity index (χ1n) is 9.86. The minimum Gasteiger partial charge on any atom is -0.507 e. The van der Waals surface area contributed by atoms with Crippen molar-refractivity contribution in [2.24, 2.45) is 0 Å². The number of para-hydroxylation sites is 1. The molecule has 1 fully saturated rings. The van der Waals surface area contributed by atoms with Gasteiger partial charge in [-0.05, 0) is 49.2 Å². The summed E-state index contributed by atoms with van der Waals surface area (Å²) in [5, 5.41) is 11.1. The maximum Gasteiger partial charge on any atom is 0.300 e. The summed E-state index contributed by atoms with van der Waals surface area (Å²) in [4.78, 5) is 31.9. The molecule has 1 aliphatic heterocycles. The Morgan fingerprint density at radius 1 is 1.00 bits per heavy atom. The number of nitrogens with zero attached hydrogens (tertiary/aromatic N) is 2. The largest absolute Gasteiger partial charge is 0.507 e. The van der Waals surface area contributed by atoms with E-state index in [9.17, 15) is 14.7 Å². The van der Waals surface area contributed by atoms with Crippen LogP contribution in [0.1, 0.15) is 28.3 Å². The number of hydrogen-bond donors (Lipinski definition) is 1. The van der Waals surface area contributed by atoms with Gasteiger partial charge in [-0.1, -0.05) is 30.3 Å². The van der Waals surface area contributed by atoms with E-state index >= 15 is 0 Å². The highest BCUT2D eigenvalue weighted by molar-refractivity contribution is 6.51. The van der Waals surface area contributed by atoms with Gasteiger partial charge in [0.15, 0.2) is 0 Å². The number of aliphatic hydroxyl groups is 1. The molecule has 6 heteroatoms. The summed E-state index contributed by atoms with van der Waals surface area (Å²) in [6.45, 7) is 3.86. The maximum atomic E-state index is 13.3. The SMILES string of the molecule is COc1ccccc1C1/C(=C(\O)c2ccncc2)C(=O)C(=O)N1c1cccc(C)c1C. The summed E-state index contributed by atoms with van der Waals surface area (Å²) < 4.78 is 5.54. The lowest BCUT2D eigenvalue weighted by Crippen LogP contribution is -2.30. The molecule has 1 saturated heterocycles. The molecule has 2 heterocycles. The molecule has 31 heavy (non-hydrogen) atoms. The smallest absolute Gasteiger partial charge is 0.300 e. The Hall–Kier alpha value is -3.93. The summed E-state index contributed by atoms with van der Waals surface area (Å²) in [5.74, 6) is -1.17. The molecule has 0 bridgehead atoms. The zero-order chi connectivity index (χ0) is 22.1. The number of benzene rings is 2. The van der Waals surface area contributed by atoms with Gasteiger partial charge in [-0.3, -0.25) is 19.5 Å². The van der Waals surface area contributed by atoms with E-state index in [1.165, 1.54) is 24.4 Å². The third-order valence-corrected chi connectivity index (χ3v) is 5.67. The molecular weight excluding hydrogens is 392 g/mol. The first-order valence-corrected chi connectivity index (χ1v) is 9.86. The zero-order valence-electron chi connectivity index (χ0n) is 17.5. The van der Waals surface area contributed by atoms with E-state index in [4.69, 9.17) is 4.74 Å². The third kappa shape index (κ3) is 3.36. The van der Waals surface area contributed by atoms with Crippen LogP contribution in [0.4, 0.5) is 5.69 Å². The second-order valence-corrected chi connectivity index (χ2v) is 7.37. The number of aryl methyl sites for hydroxylation is 1. The molecule has 0 aliphatic carbocycles. The maximum absolute atomic E-state index is 13.3. The Morgan fingerprint density at radius 3 is 2.42 bits per heavy atom. The van der Waals surface area contributed by atoms with E-state index < -0.39 is 17.7 Å². The lowest BCUT2D eigenvalue weighted by Gasteiger charge is -2.28. The quantitative estimate of drug-likeness (QED) is 0.390. The van der Waals surface area contributed by atoms with E-state index in [0.717, 1.165) is 11.1 Å². The van der Waals surface area contributed by atoms with Crippen molar-refractivity contribution < 1.29 is 19.4 Å². The van der Waals surface area contributed by atoms with Crippen molar-refractivity contribution >= 4 is 23.1 Å². The molecule has 0 radical (unpaired) electrons. The number of rotatable bonds is 4. The van der Waals surface area contributed by atoms with Crippen molar-refractivity contribution in [1.29, 1.82) is 0 Å². The van der Waals surface area contributed by atoms with Gasteiger partial charge in [0, 0.05) is 29.2 Å². The van der Waals surface area contributed by atoms with Gasteiger partial charge >= 0.3 is 0 Å².